The Hall–Kier alpha value is -0.760. The Labute approximate surface area is 67.1 Å². The van der Waals surface area contributed by atoms with Crippen LogP contribution in [0.5, 0.6) is 0 Å². The van der Waals surface area contributed by atoms with Gasteiger partial charge in [-0.05, 0) is 18.9 Å². The Morgan fingerprint density at radius 3 is 3.36 bits per heavy atom. The van der Waals surface area contributed by atoms with Gasteiger partial charge in [-0.1, -0.05) is 12.2 Å². The second kappa shape index (κ2) is 3.09. The molecule has 0 saturated carbocycles. The van der Waals surface area contributed by atoms with E-state index in [0.717, 1.165) is 13.3 Å². The Morgan fingerprint density at radius 2 is 2.36 bits per heavy atom. The lowest BCUT2D eigenvalue weighted by Crippen LogP contribution is -2.30. The van der Waals surface area contributed by atoms with Crippen molar-refractivity contribution in [2.45, 2.75) is 18.9 Å². The molecule has 11 heavy (non-hydrogen) atoms. The number of hydrogen-bond donors (Lipinski definition) is 0. The summed E-state index contributed by atoms with van der Waals surface area (Å²) in [5.41, 5.74) is 0. The van der Waals surface area contributed by atoms with Crippen LogP contribution in [-0.4, -0.2) is 24.3 Å². The van der Waals surface area contributed by atoms with E-state index in [1.165, 1.54) is 12.8 Å². The molecule has 0 amide bonds. The van der Waals surface area contributed by atoms with Crippen LogP contribution in [0.3, 0.4) is 0 Å². The molecule has 2 nitrogen and oxygen atoms in total. The molecule has 2 aliphatic heterocycles. The first-order valence-electron chi connectivity index (χ1n) is 4.15. The van der Waals surface area contributed by atoms with Gasteiger partial charge in [0.2, 0.25) is 0 Å². The van der Waals surface area contributed by atoms with Gasteiger partial charge in [-0.15, -0.1) is 0 Å². The minimum Gasteiger partial charge on any atom is -0.361 e. The third-order valence-electron chi connectivity index (χ3n) is 2.18. The molecule has 0 aromatic carbocycles. The molecule has 1 saturated heterocycles. The summed E-state index contributed by atoms with van der Waals surface area (Å²) in [6, 6.07) is 0.586. The van der Waals surface area contributed by atoms with E-state index in [0.29, 0.717) is 6.04 Å². The van der Waals surface area contributed by atoms with Crippen LogP contribution in [0.2, 0.25) is 0 Å². The molecule has 0 N–H and O–H groups in total. The summed E-state index contributed by atoms with van der Waals surface area (Å²) in [7, 11) is 0. The lowest BCUT2D eigenvalue weighted by atomic mass is 10.1. The number of ether oxygens (including phenoxy) is 1. The maximum atomic E-state index is 5.40. The Balaban J connectivity index is 2.07. The molecule has 0 radical (unpaired) electrons. The number of hydrogen-bond acceptors (Lipinski definition) is 2. The van der Waals surface area contributed by atoms with E-state index in [-0.39, 0.29) is 0 Å². The van der Waals surface area contributed by atoms with Crippen LogP contribution in [0.4, 0.5) is 0 Å². The van der Waals surface area contributed by atoms with Crippen LogP contribution in [0, 0.1) is 0 Å². The van der Waals surface area contributed by atoms with Crippen LogP contribution in [0.15, 0.2) is 24.4 Å². The highest BCUT2D eigenvalue weighted by molar-refractivity contribution is 5.12. The van der Waals surface area contributed by atoms with Gasteiger partial charge in [0.05, 0.1) is 0 Å². The third kappa shape index (κ3) is 1.46. The molecule has 2 heteroatoms. The number of fused-ring (bicyclic) bond motifs is 1. The Kier molecular flexibility index (Phi) is 1.95. The standard InChI is InChI=1S/C9H13NO/c1-2-6-10-8-11-7-3-5-9(10)4-1/h1-2,4,6,9H,3,5,7-8H2. The summed E-state index contributed by atoms with van der Waals surface area (Å²) >= 11 is 0. The summed E-state index contributed by atoms with van der Waals surface area (Å²) in [6.07, 6.45) is 10.9. The fourth-order valence-electron chi connectivity index (χ4n) is 1.54. The van der Waals surface area contributed by atoms with Gasteiger partial charge < -0.3 is 9.64 Å². The molecule has 0 aromatic heterocycles. The second-order valence-electron chi connectivity index (χ2n) is 2.99. The summed E-state index contributed by atoms with van der Waals surface area (Å²) < 4.78 is 5.40. The first kappa shape index (κ1) is 6.92. The molecular weight excluding hydrogens is 138 g/mol. The molecule has 1 unspecified atom stereocenters. The molecule has 0 aliphatic carbocycles. The second-order valence-corrected chi connectivity index (χ2v) is 2.99. The highest BCUT2D eigenvalue weighted by Crippen LogP contribution is 2.16. The highest BCUT2D eigenvalue weighted by atomic mass is 16.5. The van der Waals surface area contributed by atoms with E-state index in [2.05, 4.69) is 29.3 Å². The maximum absolute atomic E-state index is 5.40. The van der Waals surface area contributed by atoms with E-state index in [9.17, 15) is 0 Å². The summed E-state index contributed by atoms with van der Waals surface area (Å²) in [5.74, 6) is 0. The van der Waals surface area contributed by atoms with Crippen molar-refractivity contribution < 1.29 is 4.74 Å². The van der Waals surface area contributed by atoms with Crippen molar-refractivity contribution in [3.63, 3.8) is 0 Å². The van der Waals surface area contributed by atoms with Crippen LogP contribution in [0.1, 0.15) is 12.8 Å². The van der Waals surface area contributed by atoms with Crippen LogP contribution in [-0.2, 0) is 4.74 Å². The number of allylic oxidation sites excluding steroid dienone is 2. The normalized spacial score (nSPS) is 29.8. The van der Waals surface area contributed by atoms with Crippen molar-refractivity contribution >= 4 is 0 Å². The zero-order chi connectivity index (χ0) is 7.52. The Morgan fingerprint density at radius 1 is 1.36 bits per heavy atom. The quantitative estimate of drug-likeness (QED) is 0.520. The fraction of sp³-hybridized carbons (Fsp3) is 0.556. The maximum Gasteiger partial charge on any atom is 0.118 e. The van der Waals surface area contributed by atoms with Crippen molar-refractivity contribution in [1.82, 2.24) is 4.90 Å². The van der Waals surface area contributed by atoms with Gasteiger partial charge in [-0.2, -0.15) is 0 Å². The molecule has 2 rings (SSSR count). The summed E-state index contributed by atoms with van der Waals surface area (Å²) in [6.45, 7) is 1.67. The van der Waals surface area contributed by atoms with Crippen LogP contribution in [0.25, 0.3) is 0 Å². The first-order valence-corrected chi connectivity index (χ1v) is 4.15. The van der Waals surface area contributed by atoms with Gasteiger partial charge in [-0.25, -0.2) is 0 Å². The average molecular weight is 151 g/mol. The first-order chi connectivity index (χ1) is 5.47. The molecule has 2 heterocycles. The largest absolute Gasteiger partial charge is 0.361 e. The van der Waals surface area contributed by atoms with Gasteiger partial charge >= 0.3 is 0 Å². The molecule has 2 aliphatic rings. The molecule has 1 atom stereocenters. The molecule has 0 spiro atoms. The van der Waals surface area contributed by atoms with E-state index < -0.39 is 0 Å². The van der Waals surface area contributed by atoms with Crippen molar-refractivity contribution in [1.29, 1.82) is 0 Å². The molecule has 1 fully saturated rings. The smallest absolute Gasteiger partial charge is 0.118 e. The van der Waals surface area contributed by atoms with Crippen LogP contribution >= 0.6 is 0 Å². The predicted octanol–water partition coefficient (Wildman–Crippen LogP) is 1.51. The van der Waals surface area contributed by atoms with Crippen molar-refractivity contribution in [2.24, 2.45) is 0 Å². The third-order valence-corrected chi connectivity index (χ3v) is 2.18. The van der Waals surface area contributed by atoms with E-state index >= 15 is 0 Å². The van der Waals surface area contributed by atoms with Gasteiger partial charge in [0, 0.05) is 18.8 Å². The number of rotatable bonds is 0. The van der Waals surface area contributed by atoms with Crippen LogP contribution < -0.4 is 0 Å². The lowest BCUT2D eigenvalue weighted by molar-refractivity contribution is 0.0659. The Bertz CT molecular complexity index is 166. The minimum absolute atomic E-state index is 0.586. The van der Waals surface area contributed by atoms with Crippen molar-refractivity contribution in [3.8, 4) is 0 Å². The zero-order valence-electron chi connectivity index (χ0n) is 6.57. The van der Waals surface area contributed by atoms with E-state index in [4.69, 9.17) is 4.74 Å². The van der Waals surface area contributed by atoms with Gasteiger partial charge in [-0.3, -0.25) is 0 Å². The molecule has 0 aromatic rings. The monoisotopic (exact) mass is 151 g/mol. The topological polar surface area (TPSA) is 12.5 Å². The summed E-state index contributed by atoms with van der Waals surface area (Å²) in [5, 5.41) is 0. The van der Waals surface area contributed by atoms with Gasteiger partial charge in [0.25, 0.3) is 0 Å². The van der Waals surface area contributed by atoms with E-state index in [1.54, 1.807) is 0 Å². The van der Waals surface area contributed by atoms with Crippen molar-refractivity contribution in [3.05, 3.63) is 24.4 Å². The SMILES string of the molecule is C1=CC2CCCOCN2C=C1. The van der Waals surface area contributed by atoms with Gasteiger partial charge in [0.15, 0.2) is 0 Å². The summed E-state index contributed by atoms with van der Waals surface area (Å²) in [4.78, 5) is 2.24. The zero-order valence-corrected chi connectivity index (χ0v) is 6.57. The molecule has 60 valence electrons. The van der Waals surface area contributed by atoms with E-state index in [1.807, 2.05) is 0 Å². The number of nitrogens with zero attached hydrogens (tertiary/aromatic N) is 1. The lowest BCUT2D eigenvalue weighted by Gasteiger charge is -2.26. The highest BCUT2D eigenvalue weighted by Gasteiger charge is 2.16. The average Bonchev–Trinajstić information content (AvgIpc) is 2.28. The van der Waals surface area contributed by atoms with Crippen molar-refractivity contribution in [2.75, 3.05) is 13.3 Å². The predicted molar refractivity (Wildman–Crippen MR) is 44.0 cm³/mol. The minimum atomic E-state index is 0.586. The van der Waals surface area contributed by atoms with Gasteiger partial charge in [0.1, 0.15) is 6.73 Å². The fourth-order valence-corrected chi connectivity index (χ4v) is 1.54. The molecule has 0 bridgehead atoms. The molecular formula is C9H13NO.